The van der Waals surface area contributed by atoms with E-state index in [0.29, 0.717) is 26.1 Å². The van der Waals surface area contributed by atoms with Crippen molar-refractivity contribution in [2.24, 2.45) is 0 Å². The van der Waals surface area contributed by atoms with Crippen molar-refractivity contribution in [1.82, 2.24) is 5.32 Å². The van der Waals surface area contributed by atoms with Crippen LogP contribution in [0.1, 0.15) is 5.76 Å². The molecule has 1 fully saturated rings. The molecule has 0 saturated carbocycles. The highest BCUT2D eigenvalue weighted by atomic mass is 79.9. The van der Waals surface area contributed by atoms with Gasteiger partial charge in [-0.15, -0.1) is 0 Å². The van der Waals surface area contributed by atoms with Crippen LogP contribution in [-0.4, -0.2) is 24.6 Å². The lowest BCUT2D eigenvalue weighted by atomic mass is 10.1. The summed E-state index contributed by atoms with van der Waals surface area (Å²) in [4.78, 5) is 39.8. The highest BCUT2D eigenvalue weighted by molar-refractivity contribution is 9.10. The maximum atomic E-state index is 13.1. The number of hydrogen-bond acceptors (Lipinski definition) is 7. The monoisotopic (exact) mass is 546 g/mol. The SMILES string of the molecule is O=C1NC(=O)N(c2ccc3c(c2)OCO3)C(=O)/C1=C\c1oc(Sc2ccc(Cl)cc2)cc1Br. The molecule has 2 aliphatic rings. The van der Waals surface area contributed by atoms with Crippen molar-refractivity contribution in [1.29, 1.82) is 0 Å². The van der Waals surface area contributed by atoms with Crippen LogP contribution in [-0.2, 0) is 9.59 Å². The smallest absolute Gasteiger partial charge is 0.335 e. The van der Waals surface area contributed by atoms with E-state index in [4.69, 9.17) is 25.5 Å². The summed E-state index contributed by atoms with van der Waals surface area (Å²) in [7, 11) is 0. The van der Waals surface area contributed by atoms with Gasteiger partial charge in [0.1, 0.15) is 11.3 Å². The number of fused-ring (bicyclic) bond motifs is 1. The summed E-state index contributed by atoms with van der Waals surface area (Å²) in [5.41, 5.74) is -0.0250. The van der Waals surface area contributed by atoms with Crippen molar-refractivity contribution in [2.75, 3.05) is 11.7 Å². The van der Waals surface area contributed by atoms with Gasteiger partial charge >= 0.3 is 6.03 Å². The van der Waals surface area contributed by atoms with E-state index in [1.54, 1.807) is 24.3 Å². The van der Waals surface area contributed by atoms with Crippen LogP contribution in [0.25, 0.3) is 6.08 Å². The number of barbiturate groups is 1. The van der Waals surface area contributed by atoms with Crippen LogP contribution in [0.3, 0.4) is 0 Å². The van der Waals surface area contributed by atoms with Gasteiger partial charge in [0, 0.05) is 28.1 Å². The van der Waals surface area contributed by atoms with Crippen molar-refractivity contribution in [3.63, 3.8) is 0 Å². The summed E-state index contributed by atoms with van der Waals surface area (Å²) in [5, 5.41) is 3.33. The van der Waals surface area contributed by atoms with Gasteiger partial charge in [0.05, 0.1) is 10.2 Å². The molecule has 2 aromatic carbocycles. The van der Waals surface area contributed by atoms with Gasteiger partial charge in [-0.1, -0.05) is 23.4 Å². The first-order chi connectivity index (χ1) is 15.9. The second-order valence-electron chi connectivity index (χ2n) is 6.83. The number of nitrogens with zero attached hydrogens (tertiary/aromatic N) is 1. The molecule has 0 unspecified atom stereocenters. The van der Waals surface area contributed by atoms with E-state index in [0.717, 1.165) is 9.80 Å². The number of carbonyl (C=O) groups is 3. The number of halogens is 2. The average Bonchev–Trinajstić information content (AvgIpc) is 3.38. The van der Waals surface area contributed by atoms with Gasteiger partial charge in [0.15, 0.2) is 16.6 Å². The van der Waals surface area contributed by atoms with E-state index in [-0.39, 0.29) is 23.8 Å². The quantitative estimate of drug-likeness (QED) is 0.352. The van der Waals surface area contributed by atoms with Crippen LogP contribution in [0.5, 0.6) is 11.5 Å². The van der Waals surface area contributed by atoms with Crippen molar-refractivity contribution in [3.8, 4) is 11.5 Å². The molecule has 5 rings (SSSR count). The third-order valence-corrected chi connectivity index (χ3v) is 6.50. The molecule has 3 aromatic rings. The number of imide groups is 2. The number of ether oxygens (including phenoxy) is 2. The second-order valence-corrected chi connectivity index (χ2v) is 9.20. The molecule has 0 spiro atoms. The molecule has 166 valence electrons. The molecular formula is C22H12BrClN2O6S. The Morgan fingerprint density at radius 2 is 1.79 bits per heavy atom. The number of hydrogen-bond donors (Lipinski definition) is 1. The van der Waals surface area contributed by atoms with Crippen LogP contribution in [0.2, 0.25) is 5.02 Å². The van der Waals surface area contributed by atoms with E-state index in [1.807, 2.05) is 12.1 Å². The molecule has 3 heterocycles. The fraction of sp³-hybridized carbons (Fsp3) is 0.0455. The zero-order chi connectivity index (χ0) is 23.1. The highest BCUT2D eigenvalue weighted by Gasteiger charge is 2.38. The van der Waals surface area contributed by atoms with E-state index >= 15 is 0 Å². The third-order valence-electron chi connectivity index (χ3n) is 4.71. The Balaban J connectivity index is 1.44. The minimum atomic E-state index is -0.862. The van der Waals surface area contributed by atoms with Crippen molar-refractivity contribution >= 4 is 68.9 Å². The van der Waals surface area contributed by atoms with E-state index < -0.39 is 17.8 Å². The molecule has 1 N–H and O–H groups in total. The van der Waals surface area contributed by atoms with E-state index in [9.17, 15) is 14.4 Å². The molecule has 8 nitrogen and oxygen atoms in total. The van der Waals surface area contributed by atoms with Crippen LogP contribution in [0, 0.1) is 0 Å². The molecule has 4 amide bonds. The number of nitrogens with one attached hydrogen (secondary N) is 1. The Labute approximate surface area is 204 Å². The number of urea groups is 1. The lowest BCUT2D eigenvalue weighted by molar-refractivity contribution is -0.122. The first-order valence-electron chi connectivity index (χ1n) is 9.43. The minimum absolute atomic E-state index is 0.0471. The van der Waals surface area contributed by atoms with Crippen LogP contribution in [0.4, 0.5) is 10.5 Å². The van der Waals surface area contributed by atoms with Crippen LogP contribution in [0.15, 0.2) is 73.0 Å². The fourth-order valence-corrected chi connectivity index (χ4v) is 4.67. The van der Waals surface area contributed by atoms with E-state index in [2.05, 4.69) is 21.2 Å². The molecule has 1 saturated heterocycles. The van der Waals surface area contributed by atoms with Crippen LogP contribution < -0.4 is 19.7 Å². The summed E-state index contributed by atoms with van der Waals surface area (Å²) in [6.07, 6.45) is 1.29. The minimum Gasteiger partial charge on any atom is -0.454 e. The molecule has 11 heteroatoms. The number of benzene rings is 2. The molecule has 33 heavy (non-hydrogen) atoms. The summed E-state index contributed by atoms with van der Waals surface area (Å²) in [5.74, 6) is -0.464. The van der Waals surface area contributed by atoms with Crippen molar-refractivity contribution < 1.29 is 28.3 Å². The number of amides is 4. The van der Waals surface area contributed by atoms with Gasteiger partial charge in [-0.05, 0) is 52.3 Å². The molecular weight excluding hydrogens is 536 g/mol. The van der Waals surface area contributed by atoms with Gasteiger partial charge in [0.25, 0.3) is 11.8 Å². The van der Waals surface area contributed by atoms with Gasteiger partial charge in [-0.25, -0.2) is 9.69 Å². The largest absolute Gasteiger partial charge is 0.454 e. The number of carbonyl (C=O) groups excluding carboxylic acids is 3. The first-order valence-corrected chi connectivity index (χ1v) is 11.4. The average molecular weight is 548 g/mol. The topological polar surface area (TPSA) is 98.1 Å². The maximum absolute atomic E-state index is 13.1. The molecule has 0 bridgehead atoms. The fourth-order valence-electron chi connectivity index (χ4n) is 3.18. The summed E-state index contributed by atoms with van der Waals surface area (Å²) < 4.78 is 16.9. The van der Waals surface area contributed by atoms with Crippen molar-refractivity contribution in [2.45, 2.75) is 9.99 Å². The Bertz CT molecular complexity index is 1340. The lowest BCUT2D eigenvalue weighted by Crippen LogP contribution is -2.54. The molecule has 2 aliphatic heterocycles. The summed E-state index contributed by atoms with van der Waals surface area (Å²) in [6.45, 7) is 0.0471. The standard InChI is InChI=1S/C22H12BrClN2O6S/c23-15-9-19(33-13-4-1-11(24)2-5-13)32-17(15)8-14-20(27)25-22(29)26(21(14)28)12-3-6-16-18(7-12)31-10-30-16/h1-9H,10H2,(H,25,27,29)/b14-8-. The zero-order valence-electron chi connectivity index (χ0n) is 16.5. The maximum Gasteiger partial charge on any atom is 0.335 e. The van der Waals surface area contributed by atoms with Gasteiger partial charge in [-0.3, -0.25) is 14.9 Å². The second kappa shape index (κ2) is 8.62. The number of rotatable bonds is 4. The summed E-state index contributed by atoms with van der Waals surface area (Å²) >= 11 is 10.6. The van der Waals surface area contributed by atoms with Gasteiger partial charge in [-0.2, -0.15) is 0 Å². The normalized spacial score (nSPS) is 16.5. The third kappa shape index (κ3) is 4.24. The molecule has 0 radical (unpaired) electrons. The number of furan rings is 1. The van der Waals surface area contributed by atoms with Crippen molar-refractivity contribution in [3.05, 3.63) is 69.4 Å². The molecule has 0 atom stereocenters. The first kappa shape index (κ1) is 21.6. The Hall–Kier alpha value is -3.21. The van der Waals surface area contributed by atoms with Gasteiger partial charge in [0.2, 0.25) is 6.79 Å². The van der Waals surface area contributed by atoms with Gasteiger partial charge < -0.3 is 13.9 Å². The predicted molar refractivity (Wildman–Crippen MR) is 124 cm³/mol. The van der Waals surface area contributed by atoms with E-state index in [1.165, 1.54) is 30.0 Å². The van der Waals surface area contributed by atoms with Crippen LogP contribution >= 0.6 is 39.3 Å². The Kier molecular flexibility index (Phi) is 5.65. The zero-order valence-corrected chi connectivity index (χ0v) is 19.6. The lowest BCUT2D eigenvalue weighted by Gasteiger charge is -2.26. The predicted octanol–water partition coefficient (Wildman–Crippen LogP) is 5.24. The molecule has 0 aliphatic carbocycles. The number of anilines is 1. The summed E-state index contributed by atoms with van der Waals surface area (Å²) in [6, 6.07) is 12.7. The Morgan fingerprint density at radius 1 is 1.03 bits per heavy atom. The Morgan fingerprint density at radius 3 is 2.58 bits per heavy atom. The molecule has 1 aromatic heterocycles. The highest BCUT2D eigenvalue weighted by Crippen LogP contribution is 2.37.